The van der Waals surface area contributed by atoms with Gasteiger partial charge in [-0.1, -0.05) is 18.2 Å². The number of hydrogen-bond acceptors (Lipinski definition) is 3. The summed E-state index contributed by atoms with van der Waals surface area (Å²) in [6, 6.07) is 14.2. The number of benzene rings is 1. The fourth-order valence-electron chi connectivity index (χ4n) is 1.91. The first-order valence-corrected chi connectivity index (χ1v) is 6.61. The highest BCUT2D eigenvalue weighted by Crippen LogP contribution is 2.13. The van der Waals surface area contributed by atoms with E-state index in [4.69, 9.17) is 10.5 Å². The fraction of sp³-hybridized carbons (Fsp3) is 0.312. The van der Waals surface area contributed by atoms with E-state index in [0.717, 1.165) is 24.3 Å². The standard InChI is InChI=1S/C16H20N2O/c1-13(17)12-14-5-7-16(8-6-14)19-11-9-15-4-2-3-10-18-15/h2-8,10,13H,9,11-12,17H2,1H3. The molecule has 0 saturated carbocycles. The maximum Gasteiger partial charge on any atom is 0.119 e. The number of nitrogens with two attached hydrogens (primary N) is 1. The largest absolute Gasteiger partial charge is 0.493 e. The number of rotatable bonds is 6. The number of nitrogens with zero attached hydrogens (tertiary/aromatic N) is 1. The molecule has 1 unspecified atom stereocenters. The summed E-state index contributed by atoms with van der Waals surface area (Å²) in [5.41, 5.74) is 8.06. The third kappa shape index (κ3) is 4.72. The molecular weight excluding hydrogens is 236 g/mol. The Hall–Kier alpha value is -1.87. The van der Waals surface area contributed by atoms with Gasteiger partial charge in [-0.3, -0.25) is 4.98 Å². The first kappa shape index (κ1) is 13.6. The molecule has 1 aromatic heterocycles. The van der Waals surface area contributed by atoms with Crippen LogP contribution in [0.5, 0.6) is 5.75 Å². The molecule has 0 amide bonds. The normalized spacial score (nSPS) is 12.1. The van der Waals surface area contributed by atoms with Gasteiger partial charge in [-0.05, 0) is 43.2 Å². The third-order valence-electron chi connectivity index (χ3n) is 2.83. The van der Waals surface area contributed by atoms with Gasteiger partial charge in [0, 0.05) is 24.4 Å². The van der Waals surface area contributed by atoms with Gasteiger partial charge in [0.25, 0.3) is 0 Å². The Morgan fingerprint density at radius 3 is 2.58 bits per heavy atom. The summed E-state index contributed by atoms with van der Waals surface area (Å²) in [6.07, 6.45) is 3.52. The molecule has 0 spiro atoms. The highest BCUT2D eigenvalue weighted by Gasteiger charge is 1.99. The maximum atomic E-state index is 5.77. The van der Waals surface area contributed by atoms with E-state index in [0.29, 0.717) is 6.61 Å². The summed E-state index contributed by atoms with van der Waals surface area (Å²) in [5, 5.41) is 0. The Kier molecular flexibility index (Phi) is 4.93. The van der Waals surface area contributed by atoms with E-state index in [1.807, 2.05) is 37.3 Å². The van der Waals surface area contributed by atoms with Crippen molar-refractivity contribution in [2.75, 3.05) is 6.61 Å². The molecule has 0 bridgehead atoms. The molecule has 2 N–H and O–H groups in total. The Morgan fingerprint density at radius 1 is 1.16 bits per heavy atom. The zero-order valence-electron chi connectivity index (χ0n) is 11.3. The van der Waals surface area contributed by atoms with Gasteiger partial charge >= 0.3 is 0 Å². The van der Waals surface area contributed by atoms with Crippen molar-refractivity contribution in [2.24, 2.45) is 5.73 Å². The van der Waals surface area contributed by atoms with Gasteiger partial charge in [0.2, 0.25) is 0 Å². The second kappa shape index (κ2) is 6.90. The molecule has 0 aliphatic rings. The molecule has 2 rings (SSSR count). The van der Waals surface area contributed by atoms with Crippen molar-refractivity contribution in [3.8, 4) is 5.75 Å². The van der Waals surface area contributed by atoms with E-state index in [1.165, 1.54) is 5.56 Å². The monoisotopic (exact) mass is 256 g/mol. The molecule has 19 heavy (non-hydrogen) atoms. The molecule has 100 valence electrons. The number of pyridine rings is 1. The third-order valence-corrected chi connectivity index (χ3v) is 2.83. The van der Waals surface area contributed by atoms with Crippen LogP contribution in [0.3, 0.4) is 0 Å². The topological polar surface area (TPSA) is 48.1 Å². The van der Waals surface area contributed by atoms with E-state index in [2.05, 4.69) is 17.1 Å². The van der Waals surface area contributed by atoms with Crippen molar-refractivity contribution in [1.82, 2.24) is 4.98 Å². The van der Waals surface area contributed by atoms with Crippen LogP contribution in [0.25, 0.3) is 0 Å². The molecule has 3 nitrogen and oxygen atoms in total. The molecule has 1 atom stereocenters. The summed E-state index contributed by atoms with van der Waals surface area (Å²) in [5.74, 6) is 0.893. The second-order valence-electron chi connectivity index (χ2n) is 4.74. The lowest BCUT2D eigenvalue weighted by Gasteiger charge is -2.08. The molecule has 0 aliphatic carbocycles. The maximum absolute atomic E-state index is 5.77. The minimum atomic E-state index is 0.191. The summed E-state index contributed by atoms with van der Waals surface area (Å²) in [6.45, 7) is 2.65. The second-order valence-corrected chi connectivity index (χ2v) is 4.74. The van der Waals surface area contributed by atoms with Crippen LogP contribution in [-0.4, -0.2) is 17.6 Å². The first-order chi connectivity index (χ1) is 9.24. The number of ether oxygens (including phenoxy) is 1. The van der Waals surface area contributed by atoms with Crippen molar-refractivity contribution >= 4 is 0 Å². The van der Waals surface area contributed by atoms with Crippen LogP contribution in [0, 0.1) is 0 Å². The van der Waals surface area contributed by atoms with Crippen LogP contribution in [0.2, 0.25) is 0 Å². The fourth-order valence-corrected chi connectivity index (χ4v) is 1.91. The molecule has 0 fully saturated rings. The minimum Gasteiger partial charge on any atom is -0.493 e. The summed E-state index contributed by atoms with van der Waals surface area (Å²) < 4.78 is 5.70. The van der Waals surface area contributed by atoms with Gasteiger partial charge in [-0.2, -0.15) is 0 Å². The van der Waals surface area contributed by atoms with Crippen molar-refractivity contribution in [3.63, 3.8) is 0 Å². The SMILES string of the molecule is CC(N)Cc1ccc(OCCc2ccccn2)cc1. The smallest absolute Gasteiger partial charge is 0.119 e. The van der Waals surface area contributed by atoms with E-state index in [9.17, 15) is 0 Å². The zero-order chi connectivity index (χ0) is 13.5. The van der Waals surface area contributed by atoms with Crippen molar-refractivity contribution < 1.29 is 4.74 Å². The average molecular weight is 256 g/mol. The zero-order valence-corrected chi connectivity index (χ0v) is 11.3. The summed E-state index contributed by atoms with van der Waals surface area (Å²) >= 11 is 0. The molecule has 0 radical (unpaired) electrons. The van der Waals surface area contributed by atoms with Crippen LogP contribution in [0.4, 0.5) is 0 Å². The van der Waals surface area contributed by atoms with Crippen LogP contribution in [-0.2, 0) is 12.8 Å². The van der Waals surface area contributed by atoms with Crippen LogP contribution in [0.15, 0.2) is 48.7 Å². The average Bonchev–Trinajstić information content (AvgIpc) is 2.41. The molecule has 0 saturated heterocycles. The lowest BCUT2D eigenvalue weighted by atomic mass is 10.1. The van der Waals surface area contributed by atoms with Crippen molar-refractivity contribution in [1.29, 1.82) is 0 Å². The lowest BCUT2D eigenvalue weighted by molar-refractivity contribution is 0.320. The Morgan fingerprint density at radius 2 is 1.95 bits per heavy atom. The quantitative estimate of drug-likeness (QED) is 0.864. The predicted molar refractivity (Wildman–Crippen MR) is 77.2 cm³/mol. The molecule has 1 aromatic carbocycles. The molecule has 3 heteroatoms. The van der Waals surface area contributed by atoms with Gasteiger partial charge in [0.05, 0.1) is 6.61 Å². The van der Waals surface area contributed by atoms with Crippen molar-refractivity contribution in [2.45, 2.75) is 25.8 Å². The molecule has 2 aromatic rings. The summed E-state index contributed by atoms with van der Waals surface area (Å²) in [7, 11) is 0. The van der Waals surface area contributed by atoms with E-state index >= 15 is 0 Å². The molecule has 1 heterocycles. The lowest BCUT2D eigenvalue weighted by Crippen LogP contribution is -2.17. The number of hydrogen-bond donors (Lipinski definition) is 1. The minimum absolute atomic E-state index is 0.191. The highest BCUT2D eigenvalue weighted by atomic mass is 16.5. The Labute approximate surface area is 114 Å². The van der Waals surface area contributed by atoms with Gasteiger partial charge in [-0.25, -0.2) is 0 Å². The summed E-state index contributed by atoms with van der Waals surface area (Å²) in [4.78, 5) is 4.26. The Bertz CT molecular complexity index is 480. The van der Waals surface area contributed by atoms with E-state index in [1.54, 1.807) is 6.20 Å². The molecule has 0 aliphatic heterocycles. The van der Waals surface area contributed by atoms with Crippen LogP contribution < -0.4 is 10.5 Å². The van der Waals surface area contributed by atoms with Gasteiger partial charge in [-0.15, -0.1) is 0 Å². The van der Waals surface area contributed by atoms with E-state index < -0.39 is 0 Å². The molecular formula is C16H20N2O. The predicted octanol–water partition coefficient (Wildman–Crippen LogP) is 2.59. The highest BCUT2D eigenvalue weighted by molar-refractivity contribution is 5.27. The van der Waals surface area contributed by atoms with Crippen molar-refractivity contribution in [3.05, 3.63) is 59.9 Å². The van der Waals surface area contributed by atoms with E-state index in [-0.39, 0.29) is 6.04 Å². The van der Waals surface area contributed by atoms with Gasteiger partial charge in [0.15, 0.2) is 0 Å². The van der Waals surface area contributed by atoms with Crippen LogP contribution >= 0.6 is 0 Å². The van der Waals surface area contributed by atoms with Crippen LogP contribution in [0.1, 0.15) is 18.2 Å². The first-order valence-electron chi connectivity index (χ1n) is 6.61. The Balaban J connectivity index is 1.80. The van der Waals surface area contributed by atoms with Gasteiger partial charge < -0.3 is 10.5 Å². The number of aromatic nitrogens is 1. The van der Waals surface area contributed by atoms with Gasteiger partial charge in [0.1, 0.15) is 5.75 Å².